The maximum Gasteiger partial charge on any atom is 0.416 e. The SMILES string of the molecule is CCOc1ccc(CCC(=O)N2CCC(CC(=O)N[C@@H](Cc3ccc(C(F)(F)F)cc3)C(=O)OC)CC2)cc1. The van der Waals surface area contributed by atoms with Crippen molar-refractivity contribution >= 4 is 17.8 Å². The van der Waals surface area contributed by atoms with Crippen molar-refractivity contribution in [2.75, 3.05) is 26.8 Å². The van der Waals surface area contributed by atoms with Gasteiger partial charge in [0, 0.05) is 32.4 Å². The molecule has 0 radical (unpaired) electrons. The molecule has 3 rings (SSSR count). The van der Waals surface area contributed by atoms with E-state index in [-0.39, 0.29) is 30.6 Å². The third-order valence-corrected chi connectivity index (χ3v) is 6.85. The molecule has 1 aliphatic heterocycles. The molecule has 0 aromatic heterocycles. The summed E-state index contributed by atoms with van der Waals surface area (Å²) in [6.45, 7) is 3.65. The number of hydrogen-bond donors (Lipinski definition) is 1. The molecule has 0 bridgehead atoms. The monoisotopic (exact) mass is 548 g/mol. The van der Waals surface area contributed by atoms with Gasteiger partial charge in [0.25, 0.3) is 0 Å². The van der Waals surface area contributed by atoms with Crippen LogP contribution in [0.4, 0.5) is 13.2 Å². The third kappa shape index (κ3) is 9.30. The molecule has 1 N–H and O–H groups in total. The molecule has 39 heavy (non-hydrogen) atoms. The number of methoxy groups -OCH3 is 1. The van der Waals surface area contributed by atoms with Gasteiger partial charge in [-0.05, 0) is 67.5 Å². The minimum Gasteiger partial charge on any atom is -0.494 e. The van der Waals surface area contributed by atoms with E-state index in [0.29, 0.717) is 50.9 Å². The highest BCUT2D eigenvalue weighted by Gasteiger charge is 2.31. The lowest BCUT2D eigenvalue weighted by Gasteiger charge is -2.32. The molecule has 0 aliphatic carbocycles. The van der Waals surface area contributed by atoms with E-state index in [2.05, 4.69) is 5.32 Å². The van der Waals surface area contributed by atoms with Crippen LogP contribution in [0.25, 0.3) is 0 Å². The second-order valence-electron chi connectivity index (χ2n) is 9.65. The standard InChI is InChI=1S/C29H35F3N2O5/c1-3-39-24-11-6-20(7-12-24)8-13-27(36)34-16-14-22(15-17-34)19-26(35)33-25(28(37)38-2)18-21-4-9-23(10-5-21)29(30,31)32/h4-7,9-12,22,25H,3,8,13-19H2,1-2H3,(H,33,35)/t25-/m0/s1. The maximum atomic E-state index is 12.8. The zero-order valence-corrected chi connectivity index (χ0v) is 22.3. The number of piperidine rings is 1. The Morgan fingerprint density at radius 3 is 2.18 bits per heavy atom. The fraction of sp³-hybridized carbons (Fsp3) is 0.483. The number of carbonyl (C=O) groups is 3. The lowest BCUT2D eigenvalue weighted by Crippen LogP contribution is -2.44. The maximum absolute atomic E-state index is 12.8. The summed E-state index contributed by atoms with van der Waals surface area (Å²) in [7, 11) is 1.19. The molecule has 0 saturated carbocycles. The number of alkyl halides is 3. The Labute approximate surface area is 226 Å². The van der Waals surface area contributed by atoms with E-state index in [1.807, 2.05) is 36.1 Å². The minimum absolute atomic E-state index is 0.0118. The molecule has 212 valence electrons. The van der Waals surface area contributed by atoms with Gasteiger partial charge in [-0.2, -0.15) is 13.2 Å². The molecule has 1 heterocycles. The largest absolute Gasteiger partial charge is 0.494 e. The molecular weight excluding hydrogens is 513 g/mol. The Kier molecular flexibility index (Phi) is 10.8. The van der Waals surface area contributed by atoms with Crippen molar-refractivity contribution < 1.29 is 37.0 Å². The van der Waals surface area contributed by atoms with Gasteiger partial charge in [-0.1, -0.05) is 24.3 Å². The number of aryl methyl sites for hydroxylation is 1. The highest BCUT2D eigenvalue weighted by atomic mass is 19.4. The second kappa shape index (κ2) is 14.0. The van der Waals surface area contributed by atoms with Gasteiger partial charge in [-0.3, -0.25) is 9.59 Å². The van der Waals surface area contributed by atoms with Gasteiger partial charge in [0.05, 0.1) is 19.3 Å². The first-order valence-corrected chi connectivity index (χ1v) is 13.1. The summed E-state index contributed by atoms with van der Waals surface area (Å²) in [5, 5.41) is 2.67. The lowest BCUT2D eigenvalue weighted by atomic mass is 9.92. The molecule has 2 aromatic carbocycles. The summed E-state index contributed by atoms with van der Waals surface area (Å²) in [6.07, 6.45) is -1.86. The van der Waals surface area contributed by atoms with Crippen LogP contribution in [0.15, 0.2) is 48.5 Å². The molecule has 7 nitrogen and oxygen atoms in total. The molecule has 2 aromatic rings. The predicted octanol–water partition coefficient (Wildman–Crippen LogP) is 4.57. The summed E-state index contributed by atoms with van der Waals surface area (Å²) in [5.41, 5.74) is 0.747. The van der Waals surface area contributed by atoms with Crippen molar-refractivity contribution in [1.82, 2.24) is 10.2 Å². The normalized spacial score (nSPS) is 14.9. The number of nitrogens with zero attached hydrogens (tertiary/aromatic N) is 1. The number of amides is 2. The average Bonchev–Trinajstić information content (AvgIpc) is 2.92. The summed E-state index contributed by atoms with van der Waals surface area (Å²) in [4.78, 5) is 39.4. The number of esters is 1. The Morgan fingerprint density at radius 1 is 1.00 bits per heavy atom. The Hall–Kier alpha value is -3.56. The highest BCUT2D eigenvalue weighted by molar-refractivity contribution is 5.84. The molecule has 1 atom stereocenters. The van der Waals surface area contributed by atoms with Crippen LogP contribution in [0.3, 0.4) is 0 Å². The Bertz CT molecular complexity index is 1100. The number of likely N-dealkylation sites (tertiary alicyclic amines) is 1. The summed E-state index contributed by atoms with van der Waals surface area (Å²) >= 11 is 0. The zero-order chi connectivity index (χ0) is 28.4. The van der Waals surface area contributed by atoms with Crippen LogP contribution in [-0.4, -0.2) is 55.5 Å². The number of benzene rings is 2. The van der Waals surface area contributed by atoms with E-state index in [1.54, 1.807) is 0 Å². The molecule has 2 amide bonds. The van der Waals surface area contributed by atoms with Crippen molar-refractivity contribution in [2.24, 2.45) is 5.92 Å². The first kappa shape index (κ1) is 30.0. The summed E-state index contributed by atoms with van der Waals surface area (Å²) in [6, 6.07) is 11.2. The number of halogens is 3. The van der Waals surface area contributed by atoms with Crippen LogP contribution >= 0.6 is 0 Å². The summed E-state index contributed by atoms with van der Waals surface area (Å²) < 4.78 is 48.7. The van der Waals surface area contributed by atoms with Gasteiger partial charge in [0.1, 0.15) is 11.8 Å². The number of ether oxygens (including phenoxy) is 2. The van der Waals surface area contributed by atoms with Gasteiger partial charge in [-0.25, -0.2) is 4.79 Å². The first-order valence-electron chi connectivity index (χ1n) is 13.1. The molecule has 0 spiro atoms. The van der Waals surface area contributed by atoms with Gasteiger partial charge in [0.15, 0.2) is 0 Å². The van der Waals surface area contributed by atoms with Crippen LogP contribution in [0, 0.1) is 5.92 Å². The van der Waals surface area contributed by atoms with Crippen molar-refractivity contribution in [3.05, 3.63) is 65.2 Å². The van der Waals surface area contributed by atoms with Crippen LogP contribution in [0.2, 0.25) is 0 Å². The van der Waals surface area contributed by atoms with Gasteiger partial charge >= 0.3 is 12.1 Å². The number of hydrogen-bond acceptors (Lipinski definition) is 5. The first-order chi connectivity index (χ1) is 18.6. The van der Waals surface area contributed by atoms with Crippen molar-refractivity contribution in [3.8, 4) is 5.75 Å². The molecule has 10 heteroatoms. The molecular formula is C29H35F3N2O5. The highest BCUT2D eigenvalue weighted by Crippen LogP contribution is 2.29. The van der Waals surface area contributed by atoms with Crippen molar-refractivity contribution in [1.29, 1.82) is 0 Å². The van der Waals surface area contributed by atoms with Crippen LogP contribution < -0.4 is 10.1 Å². The van der Waals surface area contributed by atoms with Crippen molar-refractivity contribution in [2.45, 2.75) is 57.7 Å². The molecule has 1 fully saturated rings. The van der Waals surface area contributed by atoms with E-state index < -0.39 is 23.8 Å². The predicted molar refractivity (Wildman–Crippen MR) is 139 cm³/mol. The third-order valence-electron chi connectivity index (χ3n) is 6.85. The van der Waals surface area contributed by atoms with E-state index in [4.69, 9.17) is 9.47 Å². The number of nitrogens with one attached hydrogen (secondary N) is 1. The fourth-order valence-electron chi connectivity index (χ4n) is 4.63. The molecule has 1 saturated heterocycles. The fourth-order valence-corrected chi connectivity index (χ4v) is 4.63. The Balaban J connectivity index is 1.44. The van der Waals surface area contributed by atoms with Crippen LogP contribution in [-0.2, 0) is 38.1 Å². The topological polar surface area (TPSA) is 84.9 Å². The number of carbonyl (C=O) groups excluding carboxylic acids is 3. The second-order valence-corrected chi connectivity index (χ2v) is 9.65. The van der Waals surface area contributed by atoms with Crippen molar-refractivity contribution in [3.63, 3.8) is 0 Å². The molecule has 0 unspecified atom stereocenters. The van der Waals surface area contributed by atoms with Gasteiger partial charge in [0.2, 0.25) is 11.8 Å². The van der Waals surface area contributed by atoms with E-state index in [9.17, 15) is 27.6 Å². The quantitative estimate of drug-likeness (QED) is 0.416. The van der Waals surface area contributed by atoms with E-state index in [0.717, 1.165) is 23.4 Å². The van der Waals surface area contributed by atoms with Crippen LogP contribution in [0.1, 0.15) is 49.3 Å². The van der Waals surface area contributed by atoms with E-state index >= 15 is 0 Å². The smallest absolute Gasteiger partial charge is 0.416 e. The minimum atomic E-state index is -4.45. The average molecular weight is 549 g/mol. The molecule has 1 aliphatic rings. The summed E-state index contributed by atoms with van der Waals surface area (Å²) in [5.74, 6) is -0.0661. The van der Waals surface area contributed by atoms with Gasteiger partial charge < -0.3 is 19.7 Å². The lowest BCUT2D eigenvalue weighted by molar-refractivity contribution is -0.145. The van der Waals surface area contributed by atoms with E-state index in [1.165, 1.54) is 19.2 Å². The number of rotatable bonds is 11. The zero-order valence-electron chi connectivity index (χ0n) is 22.3. The Morgan fingerprint density at radius 2 is 1.62 bits per heavy atom. The van der Waals surface area contributed by atoms with Gasteiger partial charge in [-0.15, -0.1) is 0 Å². The van der Waals surface area contributed by atoms with Crippen LogP contribution in [0.5, 0.6) is 5.75 Å².